The van der Waals surface area contributed by atoms with Gasteiger partial charge in [-0.05, 0) is 6.92 Å². The quantitative estimate of drug-likeness (QED) is 0.770. The highest BCUT2D eigenvalue weighted by molar-refractivity contribution is 6.29. The number of amides is 1. The molecule has 1 aromatic rings. The van der Waals surface area contributed by atoms with Crippen LogP contribution in [0.25, 0.3) is 0 Å². The molecule has 0 saturated carbocycles. The Balaban J connectivity index is 2.74. The largest absolute Gasteiger partial charge is 0.345 e. The molecule has 1 heterocycles. The molecule has 5 heteroatoms. The molecular formula is C9H10ClN3O. The lowest BCUT2D eigenvalue weighted by Gasteiger charge is -2.07. The lowest BCUT2D eigenvalue weighted by Crippen LogP contribution is -2.31. The molecule has 0 spiro atoms. The molecule has 1 amide bonds. The van der Waals surface area contributed by atoms with E-state index in [1.165, 1.54) is 12.4 Å². The van der Waals surface area contributed by atoms with Crippen LogP contribution in [0.4, 0.5) is 0 Å². The van der Waals surface area contributed by atoms with Gasteiger partial charge in [-0.3, -0.25) is 9.78 Å². The summed E-state index contributed by atoms with van der Waals surface area (Å²) >= 11 is 5.59. The van der Waals surface area contributed by atoms with E-state index in [4.69, 9.17) is 11.6 Å². The smallest absolute Gasteiger partial charge is 0.271 e. The van der Waals surface area contributed by atoms with Crippen molar-refractivity contribution in [1.29, 1.82) is 0 Å². The van der Waals surface area contributed by atoms with Crippen molar-refractivity contribution >= 4 is 17.5 Å². The first kappa shape index (κ1) is 10.7. The maximum Gasteiger partial charge on any atom is 0.271 e. The van der Waals surface area contributed by atoms with Crippen LogP contribution < -0.4 is 5.32 Å². The van der Waals surface area contributed by atoms with E-state index in [0.29, 0.717) is 0 Å². The molecule has 0 bridgehead atoms. The number of rotatable bonds is 3. The van der Waals surface area contributed by atoms with E-state index in [-0.39, 0.29) is 22.8 Å². The first-order valence-corrected chi connectivity index (χ1v) is 4.42. The summed E-state index contributed by atoms with van der Waals surface area (Å²) in [5, 5.41) is 2.85. The van der Waals surface area contributed by atoms with E-state index in [9.17, 15) is 4.79 Å². The standard InChI is InChI=1S/C9H10ClN3O/c1-3-6(2)12-9(14)7-4-11-5-8(10)13-7/h3-6H,1H2,2H3,(H,12,14). The average Bonchev–Trinajstić information content (AvgIpc) is 2.17. The van der Waals surface area contributed by atoms with Gasteiger partial charge in [0.25, 0.3) is 5.91 Å². The van der Waals surface area contributed by atoms with Gasteiger partial charge in [-0.15, -0.1) is 6.58 Å². The predicted octanol–water partition coefficient (Wildman–Crippen LogP) is 1.43. The Morgan fingerprint density at radius 1 is 1.71 bits per heavy atom. The van der Waals surface area contributed by atoms with Crippen LogP contribution in [0, 0.1) is 0 Å². The molecule has 0 aliphatic heterocycles. The van der Waals surface area contributed by atoms with Gasteiger partial charge in [-0.2, -0.15) is 0 Å². The molecule has 14 heavy (non-hydrogen) atoms. The van der Waals surface area contributed by atoms with Gasteiger partial charge in [-0.1, -0.05) is 17.7 Å². The van der Waals surface area contributed by atoms with Gasteiger partial charge in [0.1, 0.15) is 10.8 Å². The fraction of sp³-hybridized carbons (Fsp3) is 0.222. The SMILES string of the molecule is C=CC(C)NC(=O)c1cncc(Cl)n1. The summed E-state index contributed by atoms with van der Waals surface area (Å²) < 4.78 is 0. The topological polar surface area (TPSA) is 54.9 Å². The Labute approximate surface area is 87.0 Å². The molecule has 74 valence electrons. The van der Waals surface area contributed by atoms with Crippen molar-refractivity contribution in [2.45, 2.75) is 13.0 Å². The first-order valence-electron chi connectivity index (χ1n) is 4.04. The summed E-state index contributed by atoms with van der Waals surface area (Å²) in [5.74, 6) is -0.313. The first-order chi connectivity index (χ1) is 6.63. The summed E-state index contributed by atoms with van der Waals surface area (Å²) in [5.41, 5.74) is 0.200. The highest BCUT2D eigenvalue weighted by Crippen LogP contribution is 2.02. The van der Waals surface area contributed by atoms with E-state index in [1.807, 2.05) is 6.92 Å². The zero-order valence-electron chi connectivity index (χ0n) is 7.70. The predicted molar refractivity (Wildman–Crippen MR) is 54.2 cm³/mol. The van der Waals surface area contributed by atoms with Gasteiger partial charge < -0.3 is 5.32 Å². The number of hydrogen-bond donors (Lipinski definition) is 1. The third-order valence-electron chi connectivity index (χ3n) is 1.55. The van der Waals surface area contributed by atoms with Crippen molar-refractivity contribution in [2.24, 2.45) is 0 Å². The van der Waals surface area contributed by atoms with E-state index >= 15 is 0 Å². The second-order valence-electron chi connectivity index (χ2n) is 2.72. The minimum absolute atomic E-state index is 0.108. The minimum Gasteiger partial charge on any atom is -0.345 e. The van der Waals surface area contributed by atoms with Crippen LogP contribution in [0.15, 0.2) is 25.0 Å². The number of hydrogen-bond acceptors (Lipinski definition) is 3. The van der Waals surface area contributed by atoms with Gasteiger partial charge >= 0.3 is 0 Å². The molecular weight excluding hydrogens is 202 g/mol. The Kier molecular flexibility index (Phi) is 3.59. The van der Waals surface area contributed by atoms with E-state index in [2.05, 4.69) is 21.9 Å². The van der Waals surface area contributed by atoms with E-state index in [0.717, 1.165) is 0 Å². The molecule has 0 aromatic carbocycles. The maximum atomic E-state index is 11.4. The highest BCUT2D eigenvalue weighted by atomic mass is 35.5. The van der Waals surface area contributed by atoms with Crippen molar-refractivity contribution in [3.63, 3.8) is 0 Å². The third-order valence-corrected chi connectivity index (χ3v) is 1.73. The molecule has 4 nitrogen and oxygen atoms in total. The van der Waals surface area contributed by atoms with E-state index < -0.39 is 0 Å². The molecule has 0 fully saturated rings. The summed E-state index contributed by atoms with van der Waals surface area (Å²) in [7, 11) is 0. The number of nitrogens with zero attached hydrogens (tertiary/aromatic N) is 2. The van der Waals surface area contributed by atoms with Crippen LogP contribution in [-0.2, 0) is 0 Å². The fourth-order valence-electron chi connectivity index (χ4n) is 0.791. The van der Waals surface area contributed by atoms with Crippen LogP contribution in [0.3, 0.4) is 0 Å². The zero-order valence-corrected chi connectivity index (χ0v) is 8.45. The van der Waals surface area contributed by atoms with Crippen LogP contribution in [0.5, 0.6) is 0 Å². The van der Waals surface area contributed by atoms with Gasteiger partial charge in [0.15, 0.2) is 0 Å². The monoisotopic (exact) mass is 211 g/mol. The molecule has 1 N–H and O–H groups in total. The van der Waals surface area contributed by atoms with Gasteiger partial charge in [-0.25, -0.2) is 4.98 Å². The van der Waals surface area contributed by atoms with Crippen molar-refractivity contribution in [2.75, 3.05) is 0 Å². The summed E-state index contributed by atoms with van der Waals surface area (Å²) in [4.78, 5) is 19.0. The van der Waals surface area contributed by atoms with Crippen LogP contribution in [0.1, 0.15) is 17.4 Å². The molecule has 1 atom stereocenters. The summed E-state index contributed by atoms with van der Waals surface area (Å²) in [6, 6.07) is -0.108. The van der Waals surface area contributed by atoms with Gasteiger partial charge in [0, 0.05) is 6.04 Å². The summed E-state index contributed by atoms with van der Waals surface area (Å²) in [6.45, 7) is 5.36. The molecule has 1 unspecified atom stereocenters. The second kappa shape index (κ2) is 4.72. The maximum absolute atomic E-state index is 11.4. The lowest BCUT2D eigenvalue weighted by atomic mass is 10.3. The second-order valence-corrected chi connectivity index (χ2v) is 3.11. The Morgan fingerprint density at radius 2 is 2.43 bits per heavy atom. The third kappa shape index (κ3) is 2.81. The number of halogens is 1. The Bertz CT molecular complexity index is 354. The minimum atomic E-state index is -0.313. The number of aromatic nitrogens is 2. The molecule has 0 aliphatic rings. The normalized spacial score (nSPS) is 11.9. The Hall–Kier alpha value is -1.42. The fourth-order valence-corrected chi connectivity index (χ4v) is 0.939. The van der Waals surface area contributed by atoms with Crippen molar-refractivity contribution in [3.05, 3.63) is 35.9 Å². The molecule has 1 aromatic heterocycles. The van der Waals surface area contributed by atoms with Crippen LogP contribution in [0.2, 0.25) is 5.15 Å². The van der Waals surface area contributed by atoms with Crippen molar-refractivity contribution < 1.29 is 4.79 Å². The molecule has 1 rings (SSSR count). The van der Waals surface area contributed by atoms with Crippen LogP contribution >= 0.6 is 11.6 Å². The van der Waals surface area contributed by atoms with Crippen molar-refractivity contribution in [1.82, 2.24) is 15.3 Å². The number of carbonyl (C=O) groups excluding carboxylic acids is 1. The molecule has 0 aliphatic carbocycles. The average molecular weight is 212 g/mol. The summed E-state index contributed by atoms with van der Waals surface area (Å²) in [6.07, 6.45) is 4.35. The lowest BCUT2D eigenvalue weighted by molar-refractivity contribution is 0.0941. The number of nitrogens with one attached hydrogen (secondary N) is 1. The zero-order chi connectivity index (χ0) is 10.6. The van der Waals surface area contributed by atoms with Crippen molar-refractivity contribution in [3.8, 4) is 0 Å². The van der Waals surface area contributed by atoms with Gasteiger partial charge in [0.05, 0.1) is 12.4 Å². The van der Waals surface area contributed by atoms with E-state index in [1.54, 1.807) is 6.08 Å². The molecule has 0 saturated heterocycles. The highest BCUT2D eigenvalue weighted by Gasteiger charge is 2.09. The Morgan fingerprint density at radius 3 is 3.00 bits per heavy atom. The molecule has 0 radical (unpaired) electrons. The number of carbonyl (C=O) groups is 1. The van der Waals surface area contributed by atoms with Crippen LogP contribution in [-0.4, -0.2) is 21.9 Å². The van der Waals surface area contributed by atoms with Gasteiger partial charge in [0.2, 0.25) is 0 Å².